The molecule has 5 rings (SSSR count). The first kappa shape index (κ1) is 20.5. The molecule has 5 aromatic rings. The van der Waals surface area contributed by atoms with Crippen LogP contribution in [0.3, 0.4) is 0 Å². The molecule has 10 heteroatoms. The molecule has 0 spiro atoms. The van der Waals surface area contributed by atoms with Gasteiger partial charge in [0.25, 0.3) is 5.56 Å². The van der Waals surface area contributed by atoms with Gasteiger partial charge in [0.2, 0.25) is 16.9 Å². The van der Waals surface area contributed by atoms with E-state index in [1.54, 1.807) is 12.1 Å². The third-order valence-corrected chi connectivity index (χ3v) is 6.19. The molecule has 0 aliphatic rings. The van der Waals surface area contributed by atoms with Crippen molar-refractivity contribution in [3.05, 3.63) is 81.4 Å². The topological polar surface area (TPSA) is 102 Å². The maximum atomic E-state index is 12.3. The van der Waals surface area contributed by atoms with Crippen LogP contribution in [-0.4, -0.2) is 30.0 Å². The first-order chi connectivity index (χ1) is 15.6. The second-order valence-corrected chi connectivity index (χ2v) is 8.34. The fourth-order valence-electron chi connectivity index (χ4n) is 3.23. The molecule has 160 valence electrons. The minimum atomic E-state index is -0.308. The summed E-state index contributed by atoms with van der Waals surface area (Å²) < 4.78 is 6.90. The van der Waals surface area contributed by atoms with E-state index in [9.17, 15) is 4.79 Å². The van der Waals surface area contributed by atoms with E-state index in [-0.39, 0.29) is 5.56 Å². The molecule has 0 aliphatic carbocycles. The number of aryl methyl sites for hydroxylation is 1. The van der Waals surface area contributed by atoms with Gasteiger partial charge in [0.1, 0.15) is 5.52 Å². The number of fused-ring (bicyclic) bond motifs is 1. The average Bonchev–Trinajstić information content (AvgIpc) is 3.47. The molecule has 0 amide bonds. The standard InChI is InChI=1S/C22H17ClN6O2S/c1-2-13-7-9-14(10-8-13)17-11-18-21(30)25-26-22(29(18)27-17)32-12-19-24-20(28-31-19)15-5-3-4-6-16(15)23/h3-11H,2,12H2,1H3,(H,25,30). The third-order valence-electron chi connectivity index (χ3n) is 4.94. The minimum absolute atomic E-state index is 0.308. The molecule has 0 bridgehead atoms. The molecule has 2 aromatic carbocycles. The average molecular weight is 465 g/mol. The van der Waals surface area contributed by atoms with Gasteiger partial charge in [-0.05, 0) is 30.2 Å². The number of hydrogen-bond acceptors (Lipinski definition) is 7. The zero-order chi connectivity index (χ0) is 22.1. The zero-order valence-electron chi connectivity index (χ0n) is 16.9. The van der Waals surface area contributed by atoms with Gasteiger partial charge in [-0.3, -0.25) is 4.79 Å². The van der Waals surface area contributed by atoms with Crippen LogP contribution in [0.15, 0.2) is 69.1 Å². The first-order valence-electron chi connectivity index (χ1n) is 9.90. The molecule has 0 fully saturated rings. The highest BCUT2D eigenvalue weighted by Gasteiger charge is 2.15. The molecular weight excluding hydrogens is 448 g/mol. The van der Waals surface area contributed by atoms with Crippen molar-refractivity contribution < 1.29 is 4.52 Å². The second kappa shape index (κ2) is 8.60. The van der Waals surface area contributed by atoms with Crippen LogP contribution in [0.4, 0.5) is 0 Å². The molecular formula is C22H17ClN6O2S. The van der Waals surface area contributed by atoms with Crippen LogP contribution in [-0.2, 0) is 12.2 Å². The van der Waals surface area contributed by atoms with Crippen LogP contribution in [0.2, 0.25) is 5.02 Å². The van der Waals surface area contributed by atoms with Crippen molar-refractivity contribution in [1.29, 1.82) is 0 Å². The van der Waals surface area contributed by atoms with Crippen molar-refractivity contribution in [2.45, 2.75) is 24.3 Å². The zero-order valence-corrected chi connectivity index (χ0v) is 18.5. The summed E-state index contributed by atoms with van der Waals surface area (Å²) in [5, 5.41) is 16.4. The lowest BCUT2D eigenvalue weighted by atomic mass is 10.1. The van der Waals surface area contributed by atoms with E-state index in [1.165, 1.54) is 21.8 Å². The van der Waals surface area contributed by atoms with E-state index in [0.717, 1.165) is 12.0 Å². The summed E-state index contributed by atoms with van der Waals surface area (Å²) >= 11 is 7.54. The number of aromatic amines is 1. The highest BCUT2D eigenvalue weighted by molar-refractivity contribution is 7.98. The maximum absolute atomic E-state index is 12.3. The van der Waals surface area contributed by atoms with Gasteiger partial charge in [-0.15, -0.1) is 5.10 Å². The first-order valence-corrected chi connectivity index (χ1v) is 11.3. The van der Waals surface area contributed by atoms with Crippen molar-refractivity contribution in [1.82, 2.24) is 30.0 Å². The Balaban J connectivity index is 1.41. The van der Waals surface area contributed by atoms with Gasteiger partial charge in [0.15, 0.2) is 0 Å². The molecule has 0 saturated carbocycles. The Kier molecular flexibility index (Phi) is 5.50. The lowest BCUT2D eigenvalue weighted by Gasteiger charge is -2.01. The van der Waals surface area contributed by atoms with Crippen molar-refractivity contribution in [3.63, 3.8) is 0 Å². The molecule has 0 unspecified atom stereocenters. The summed E-state index contributed by atoms with van der Waals surface area (Å²) in [6.07, 6.45) is 0.962. The van der Waals surface area contributed by atoms with Gasteiger partial charge in [-0.1, -0.05) is 71.8 Å². The van der Waals surface area contributed by atoms with Gasteiger partial charge < -0.3 is 4.52 Å². The van der Waals surface area contributed by atoms with E-state index in [2.05, 4.69) is 44.5 Å². The van der Waals surface area contributed by atoms with Crippen LogP contribution < -0.4 is 5.56 Å². The quantitative estimate of drug-likeness (QED) is 0.365. The molecule has 32 heavy (non-hydrogen) atoms. The Morgan fingerprint density at radius 1 is 1.16 bits per heavy atom. The fourth-order valence-corrected chi connectivity index (χ4v) is 4.19. The van der Waals surface area contributed by atoms with Crippen LogP contribution in [0.5, 0.6) is 0 Å². The minimum Gasteiger partial charge on any atom is -0.338 e. The van der Waals surface area contributed by atoms with E-state index in [0.29, 0.717) is 44.4 Å². The summed E-state index contributed by atoms with van der Waals surface area (Å²) in [5.74, 6) is 1.18. The molecule has 0 atom stereocenters. The smallest absolute Gasteiger partial charge is 0.290 e. The summed E-state index contributed by atoms with van der Waals surface area (Å²) in [5.41, 5.74) is 3.68. The molecule has 0 saturated heterocycles. The number of benzene rings is 2. The van der Waals surface area contributed by atoms with Gasteiger partial charge in [0.05, 0.1) is 16.5 Å². The molecule has 0 radical (unpaired) electrons. The monoisotopic (exact) mass is 464 g/mol. The number of halogens is 1. The lowest BCUT2D eigenvalue weighted by molar-refractivity contribution is 0.391. The highest BCUT2D eigenvalue weighted by atomic mass is 35.5. The number of aromatic nitrogens is 6. The van der Waals surface area contributed by atoms with Crippen LogP contribution in [0.1, 0.15) is 18.4 Å². The molecule has 3 heterocycles. The molecule has 8 nitrogen and oxygen atoms in total. The predicted octanol–water partition coefficient (Wildman–Crippen LogP) is 4.64. The van der Waals surface area contributed by atoms with Crippen LogP contribution >= 0.6 is 23.4 Å². The van der Waals surface area contributed by atoms with Crippen molar-refractivity contribution in [3.8, 4) is 22.6 Å². The largest absolute Gasteiger partial charge is 0.338 e. The SMILES string of the molecule is CCc1ccc(-c2cc3c(=O)[nH]nc(SCc4nc(-c5ccccc5Cl)no4)n3n2)cc1. The Labute approximate surface area is 191 Å². The Bertz CT molecular complexity index is 1460. The number of H-pyrrole nitrogens is 1. The summed E-state index contributed by atoms with van der Waals surface area (Å²) in [7, 11) is 0. The number of thioether (sulfide) groups is 1. The van der Waals surface area contributed by atoms with E-state index < -0.39 is 0 Å². The fraction of sp³-hybridized carbons (Fsp3) is 0.136. The van der Waals surface area contributed by atoms with E-state index in [1.807, 2.05) is 30.3 Å². The molecule has 0 aliphatic heterocycles. The number of hydrogen-bond donors (Lipinski definition) is 1. The third kappa shape index (κ3) is 3.92. The van der Waals surface area contributed by atoms with Gasteiger partial charge >= 0.3 is 0 Å². The van der Waals surface area contributed by atoms with Crippen LogP contribution in [0.25, 0.3) is 28.2 Å². The lowest BCUT2D eigenvalue weighted by Crippen LogP contribution is -2.13. The van der Waals surface area contributed by atoms with Crippen molar-refractivity contribution >= 4 is 28.9 Å². The Hall–Kier alpha value is -3.43. The second-order valence-electron chi connectivity index (χ2n) is 6.99. The maximum Gasteiger partial charge on any atom is 0.290 e. The van der Waals surface area contributed by atoms with E-state index >= 15 is 0 Å². The van der Waals surface area contributed by atoms with Gasteiger partial charge in [-0.2, -0.15) is 10.1 Å². The highest BCUT2D eigenvalue weighted by Crippen LogP contribution is 2.27. The van der Waals surface area contributed by atoms with E-state index in [4.69, 9.17) is 16.1 Å². The van der Waals surface area contributed by atoms with Crippen molar-refractivity contribution in [2.75, 3.05) is 0 Å². The molecule has 3 aromatic heterocycles. The number of nitrogens with one attached hydrogen (secondary N) is 1. The normalized spacial score (nSPS) is 11.3. The van der Waals surface area contributed by atoms with Gasteiger partial charge in [-0.25, -0.2) is 9.61 Å². The van der Waals surface area contributed by atoms with Crippen molar-refractivity contribution in [2.24, 2.45) is 0 Å². The van der Waals surface area contributed by atoms with Gasteiger partial charge in [0, 0.05) is 11.1 Å². The summed E-state index contributed by atoms with van der Waals surface area (Å²) in [6.45, 7) is 2.11. The summed E-state index contributed by atoms with van der Waals surface area (Å²) in [4.78, 5) is 16.7. The summed E-state index contributed by atoms with van der Waals surface area (Å²) in [6, 6.07) is 17.2. The Morgan fingerprint density at radius 3 is 2.75 bits per heavy atom. The van der Waals surface area contributed by atoms with Crippen LogP contribution in [0, 0.1) is 0 Å². The number of nitrogens with zero attached hydrogens (tertiary/aromatic N) is 5. The Morgan fingerprint density at radius 2 is 1.97 bits per heavy atom. The predicted molar refractivity (Wildman–Crippen MR) is 123 cm³/mol. The number of rotatable bonds is 6. The molecule has 1 N–H and O–H groups in total.